The van der Waals surface area contributed by atoms with Crippen LogP contribution in [0.25, 0.3) is 0 Å². The fourth-order valence-corrected chi connectivity index (χ4v) is 2.50. The number of para-hydroxylation sites is 1. The number of aliphatic hydroxyl groups excluding tert-OH is 1. The SMILES string of the molecule is COc1ccccc1CN(CCO)C(=O)c1csc(N)n1. The second-order valence-corrected chi connectivity index (χ2v) is 5.22. The zero-order valence-electron chi connectivity index (χ0n) is 11.7. The fourth-order valence-electron chi connectivity index (χ4n) is 1.96. The Labute approximate surface area is 126 Å². The summed E-state index contributed by atoms with van der Waals surface area (Å²) in [6.45, 7) is 0.426. The molecule has 2 rings (SSSR count). The van der Waals surface area contributed by atoms with Crippen LogP contribution < -0.4 is 10.5 Å². The number of anilines is 1. The average molecular weight is 307 g/mol. The average Bonchev–Trinajstić information content (AvgIpc) is 2.93. The monoisotopic (exact) mass is 307 g/mol. The third-order valence-corrected chi connectivity index (χ3v) is 3.63. The van der Waals surface area contributed by atoms with Crippen molar-refractivity contribution < 1.29 is 14.6 Å². The molecule has 21 heavy (non-hydrogen) atoms. The second-order valence-electron chi connectivity index (χ2n) is 4.33. The van der Waals surface area contributed by atoms with Crippen LogP contribution in [-0.2, 0) is 6.54 Å². The van der Waals surface area contributed by atoms with Gasteiger partial charge in [-0.3, -0.25) is 4.79 Å². The number of aliphatic hydroxyl groups is 1. The number of nitrogen functional groups attached to an aromatic ring is 1. The molecule has 0 radical (unpaired) electrons. The standard InChI is InChI=1S/C14H17N3O3S/c1-20-12-5-3-2-4-10(12)8-17(6-7-18)13(19)11-9-21-14(15)16-11/h2-5,9,18H,6-8H2,1H3,(H2,15,16). The van der Waals surface area contributed by atoms with Gasteiger partial charge in [-0.15, -0.1) is 11.3 Å². The minimum Gasteiger partial charge on any atom is -0.496 e. The second kappa shape index (κ2) is 7.05. The molecule has 0 spiro atoms. The first-order valence-electron chi connectivity index (χ1n) is 6.38. The molecular weight excluding hydrogens is 290 g/mol. The number of amides is 1. The van der Waals surface area contributed by atoms with E-state index in [9.17, 15) is 9.90 Å². The highest BCUT2D eigenvalue weighted by atomic mass is 32.1. The highest BCUT2D eigenvalue weighted by molar-refractivity contribution is 7.13. The minimum atomic E-state index is -0.261. The van der Waals surface area contributed by atoms with E-state index in [4.69, 9.17) is 10.5 Å². The van der Waals surface area contributed by atoms with Gasteiger partial charge in [0.05, 0.1) is 13.7 Å². The zero-order chi connectivity index (χ0) is 15.2. The zero-order valence-corrected chi connectivity index (χ0v) is 12.5. The van der Waals surface area contributed by atoms with E-state index in [1.54, 1.807) is 12.5 Å². The van der Waals surface area contributed by atoms with Crippen LogP contribution in [0.2, 0.25) is 0 Å². The number of carbonyl (C=O) groups is 1. The summed E-state index contributed by atoms with van der Waals surface area (Å²) in [5, 5.41) is 11.1. The van der Waals surface area contributed by atoms with Crippen LogP contribution in [0.1, 0.15) is 16.1 Å². The van der Waals surface area contributed by atoms with Gasteiger partial charge in [0.25, 0.3) is 5.91 Å². The maximum absolute atomic E-state index is 12.4. The molecule has 0 saturated heterocycles. The van der Waals surface area contributed by atoms with Gasteiger partial charge in [-0.2, -0.15) is 0 Å². The number of nitrogens with zero attached hydrogens (tertiary/aromatic N) is 2. The predicted octanol–water partition coefficient (Wildman–Crippen LogP) is 1.37. The van der Waals surface area contributed by atoms with E-state index < -0.39 is 0 Å². The van der Waals surface area contributed by atoms with Crippen LogP contribution >= 0.6 is 11.3 Å². The molecule has 1 heterocycles. The Bertz CT molecular complexity index is 615. The van der Waals surface area contributed by atoms with Crippen LogP contribution in [0.4, 0.5) is 5.13 Å². The smallest absolute Gasteiger partial charge is 0.273 e. The maximum Gasteiger partial charge on any atom is 0.273 e. The number of hydrogen-bond acceptors (Lipinski definition) is 6. The van der Waals surface area contributed by atoms with Crippen molar-refractivity contribution in [2.24, 2.45) is 0 Å². The molecule has 0 aliphatic carbocycles. The minimum absolute atomic E-state index is 0.124. The van der Waals surface area contributed by atoms with Crippen molar-refractivity contribution >= 4 is 22.4 Å². The lowest BCUT2D eigenvalue weighted by Gasteiger charge is -2.22. The van der Waals surface area contributed by atoms with Crippen LogP contribution in [0.5, 0.6) is 5.75 Å². The van der Waals surface area contributed by atoms with E-state index in [0.29, 0.717) is 23.1 Å². The van der Waals surface area contributed by atoms with Crippen LogP contribution in [-0.4, -0.2) is 41.2 Å². The third-order valence-electron chi connectivity index (χ3n) is 2.95. The maximum atomic E-state index is 12.4. The summed E-state index contributed by atoms with van der Waals surface area (Å²) in [5.41, 5.74) is 6.71. The predicted molar refractivity (Wildman–Crippen MR) is 81.3 cm³/mol. The topological polar surface area (TPSA) is 88.7 Å². The molecule has 7 heteroatoms. The van der Waals surface area contributed by atoms with Crippen molar-refractivity contribution in [2.45, 2.75) is 6.54 Å². The summed E-state index contributed by atoms with van der Waals surface area (Å²) in [6.07, 6.45) is 0. The Morgan fingerprint density at radius 1 is 1.48 bits per heavy atom. The molecule has 0 aliphatic heterocycles. The summed E-state index contributed by atoms with van der Waals surface area (Å²) in [5.74, 6) is 0.439. The molecule has 1 aromatic carbocycles. The van der Waals surface area contributed by atoms with Crippen molar-refractivity contribution in [2.75, 3.05) is 26.0 Å². The number of methoxy groups -OCH3 is 1. The summed E-state index contributed by atoms with van der Waals surface area (Å²) in [4.78, 5) is 17.9. The van der Waals surface area contributed by atoms with Gasteiger partial charge >= 0.3 is 0 Å². The molecule has 0 bridgehead atoms. The number of aromatic nitrogens is 1. The van der Waals surface area contributed by atoms with Gasteiger partial charge in [0.1, 0.15) is 11.4 Å². The van der Waals surface area contributed by atoms with Crippen LogP contribution in [0.15, 0.2) is 29.6 Å². The van der Waals surface area contributed by atoms with Gasteiger partial charge < -0.3 is 20.5 Å². The van der Waals surface area contributed by atoms with E-state index in [-0.39, 0.29) is 19.1 Å². The number of hydrogen-bond donors (Lipinski definition) is 2. The first-order valence-corrected chi connectivity index (χ1v) is 7.26. The summed E-state index contributed by atoms with van der Waals surface area (Å²) < 4.78 is 5.28. The normalized spacial score (nSPS) is 10.4. The Kier molecular flexibility index (Phi) is 5.13. The van der Waals surface area contributed by atoms with Gasteiger partial charge in [0.15, 0.2) is 5.13 Å². The highest BCUT2D eigenvalue weighted by Crippen LogP contribution is 2.21. The lowest BCUT2D eigenvalue weighted by molar-refractivity contribution is 0.0701. The van der Waals surface area contributed by atoms with Gasteiger partial charge in [0.2, 0.25) is 0 Å². The van der Waals surface area contributed by atoms with Gasteiger partial charge in [0, 0.05) is 24.0 Å². The van der Waals surface area contributed by atoms with E-state index in [2.05, 4.69) is 4.98 Å². The molecular formula is C14H17N3O3S. The summed E-state index contributed by atoms with van der Waals surface area (Å²) in [6, 6.07) is 7.45. The van der Waals surface area contributed by atoms with Crippen molar-refractivity contribution in [3.8, 4) is 5.75 Å². The number of benzene rings is 1. The number of ether oxygens (including phenoxy) is 1. The molecule has 2 aromatic rings. The number of thiazole rings is 1. The molecule has 0 atom stereocenters. The largest absolute Gasteiger partial charge is 0.496 e. The van der Waals surface area contributed by atoms with Crippen molar-refractivity contribution in [1.82, 2.24) is 9.88 Å². The lowest BCUT2D eigenvalue weighted by Crippen LogP contribution is -2.33. The molecule has 3 N–H and O–H groups in total. The number of nitrogens with two attached hydrogens (primary N) is 1. The number of rotatable bonds is 6. The lowest BCUT2D eigenvalue weighted by atomic mass is 10.2. The fraction of sp³-hybridized carbons (Fsp3) is 0.286. The Morgan fingerprint density at radius 3 is 2.86 bits per heavy atom. The third kappa shape index (κ3) is 3.71. The molecule has 1 amide bonds. The van der Waals surface area contributed by atoms with Gasteiger partial charge in [-0.05, 0) is 6.07 Å². The summed E-state index contributed by atoms with van der Waals surface area (Å²) in [7, 11) is 1.58. The van der Waals surface area contributed by atoms with Crippen LogP contribution in [0.3, 0.4) is 0 Å². The van der Waals surface area contributed by atoms with Gasteiger partial charge in [-0.1, -0.05) is 18.2 Å². The first-order chi connectivity index (χ1) is 10.2. The van der Waals surface area contributed by atoms with Crippen LogP contribution in [0, 0.1) is 0 Å². The van der Waals surface area contributed by atoms with Crippen molar-refractivity contribution in [3.63, 3.8) is 0 Å². The summed E-state index contributed by atoms with van der Waals surface area (Å²) >= 11 is 1.21. The molecule has 0 fully saturated rings. The van der Waals surface area contributed by atoms with Crippen molar-refractivity contribution in [3.05, 3.63) is 40.9 Å². The molecule has 0 saturated carbocycles. The Hall–Kier alpha value is -2.12. The molecule has 1 aromatic heterocycles. The Morgan fingerprint density at radius 2 is 2.24 bits per heavy atom. The molecule has 6 nitrogen and oxygen atoms in total. The van der Waals surface area contributed by atoms with E-state index in [1.165, 1.54) is 16.2 Å². The molecule has 0 unspecified atom stereocenters. The molecule has 0 aliphatic rings. The Balaban J connectivity index is 2.21. The quantitative estimate of drug-likeness (QED) is 0.841. The van der Waals surface area contributed by atoms with E-state index >= 15 is 0 Å². The molecule has 112 valence electrons. The number of carbonyl (C=O) groups excluding carboxylic acids is 1. The van der Waals surface area contributed by atoms with E-state index in [1.807, 2.05) is 24.3 Å². The van der Waals surface area contributed by atoms with Crippen molar-refractivity contribution in [1.29, 1.82) is 0 Å². The first kappa shape index (κ1) is 15.3. The highest BCUT2D eigenvalue weighted by Gasteiger charge is 2.19. The van der Waals surface area contributed by atoms with Gasteiger partial charge in [-0.25, -0.2) is 4.98 Å². The van der Waals surface area contributed by atoms with E-state index in [0.717, 1.165) is 5.56 Å².